The van der Waals surface area contributed by atoms with Crippen molar-refractivity contribution in [1.82, 2.24) is 25.1 Å². The molecule has 2 fully saturated rings. The van der Waals surface area contributed by atoms with Crippen LogP contribution in [0.15, 0.2) is 96.1 Å². The zero-order chi connectivity index (χ0) is 48.7. The standard InChI is InChI=1S/C51H57ClN8O8S/c1-5-69(63,64)58-37-12-17-47(43(28-37)44-31-59(4)51(62)49-42(44)19-23-54-49)68-40-8-6-7-34(27-40)33(3)65-26-22-32(2)66-39-20-24-60(25-21-39)48-18-16-46(56-57-48)50(61)55-36-10-14-38(15-11-36)67-41-13-9-35(30-53)45(52)29-41/h6-9,12-13,16-19,23,27-29,31-33,36,38-39,54,58H,5,10-11,14-15,20-22,24-26H2,1-4H3,(H,55,61)/t32?,33?,36-,38-. The number of halogens is 1. The molecule has 2 aliphatic rings. The Balaban J connectivity index is 0.778. The molecule has 3 N–H and O–H groups in total. The van der Waals surface area contributed by atoms with Gasteiger partial charge in [0.25, 0.3) is 11.5 Å². The molecule has 3 aromatic carbocycles. The molecular formula is C51H57ClN8O8S. The van der Waals surface area contributed by atoms with Crippen LogP contribution in [0.25, 0.3) is 22.0 Å². The molecular weight excluding hydrogens is 920 g/mol. The molecule has 3 aromatic heterocycles. The lowest BCUT2D eigenvalue weighted by molar-refractivity contribution is -0.0371. The number of carbonyl (C=O) groups excluding carboxylic acids is 1. The number of benzene rings is 3. The SMILES string of the molecule is CCS(=O)(=O)Nc1ccc(Oc2cccc(C(C)OCCC(C)OC3CCN(c4ccc(C(=O)N[C@H]5CC[C@H](Oc6ccc(C#N)c(Cl)c6)CC5)nn4)CC3)c2)c(-c2cn(C)c(=O)c3[nH]ccc23)c1. The molecule has 4 heterocycles. The monoisotopic (exact) mass is 976 g/mol. The summed E-state index contributed by atoms with van der Waals surface area (Å²) >= 11 is 6.16. The van der Waals surface area contributed by atoms with Gasteiger partial charge in [0.2, 0.25) is 10.0 Å². The second-order valence-electron chi connectivity index (χ2n) is 17.6. The highest BCUT2D eigenvalue weighted by molar-refractivity contribution is 7.92. The first kappa shape index (κ1) is 49.0. The summed E-state index contributed by atoms with van der Waals surface area (Å²) in [4.78, 5) is 31.1. The lowest BCUT2D eigenvalue weighted by atomic mass is 9.93. The number of aromatic nitrogens is 4. The highest BCUT2D eigenvalue weighted by Gasteiger charge is 2.27. The van der Waals surface area contributed by atoms with Gasteiger partial charge in [-0.15, -0.1) is 10.2 Å². The number of amides is 1. The number of hydrogen-bond acceptors (Lipinski definition) is 12. The van der Waals surface area contributed by atoms with Crippen LogP contribution in [0.4, 0.5) is 11.5 Å². The van der Waals surface area contributed by atoms with Crippen LogP contribution >= 0.6 is 11.6 Å². The summed E-state index contributed by atoms with van der Waals surface area (Å²) in [5.41, 5.74) is 3.56. The number of sulfonamides is 1. The van der Waals surface area contributed by atoms with E-state index >= 15 is 0 Å². The summed E-state index contributed by atoms with van der Waals surface area (Å²) in [6.07, 6.45) is 8.77. The van der Waals surface area contributed by atoms with Gasteiger partial charge in [-0.3, -0.25) is 14.3 Å². The van der Waals surface area contributed by atoms with Gasteiger partial charge in [-0.25, -0.2) is 8.42 Å². The molecule has 18 heteroatoms. The average Bonchev–Trinajstić information content (AvgIpc) is 3.85. The largest absolute Gasteiger partial charge is 0.490 e. The van der Waals surface area contributed by atoms with E-state index in [0.717, 1.165) is 63.0 Å². The zero-order valence-electron chi connectivity index (χ0n) is 39.1. The molecule has 8 rings (SSSR count). The molecule has 1 aliphatic carbocycles. The lowest BCUT2D eigenvalue weighted by Gasteiger charge is -2.33. The number of hydrogen-bond donors (Lipinski definition) is 3. The summed E-state index contributed by atoms with van der Waals surface area (Å²) < 4.78 is 54.4. The summed E-state index contributed by atoms with van der Waals surface area (Å²) in [6, 6.07) is 25.3. The first-order valence-corrected chi connectivity index (χ1v) is 25.4. The number of nitrogens with zero attached hydrogens (tertiary/aromatic N) is 5. The highest BCUT2D eigenvalue weighted by atomic mass is 35.5. The molecule has 1 aliphatic heterocycles. The van der Waals surface area contributed by atoms with Crippen molar-refractivity contribution >= 4 is 49.9 Å². The maximum atomic E-state index is 13.1. The van der Waals surface area contributed by atoms with Gasteiger partial charge in [-0.1, -0.05) is 23.7 Å². The Morgan fingerprint density at radius 1 is 0.942 bits per heavy atom. The van der Waals surface area contributed by atoms with Gasteiger partial charge in [0.15, 0.2) is 11.5 Å². The van der Waals surface area contributed by atoms with Crippen LogP contribution in [0.5, 0.6) is 17.2 Å². The van der Waals surface area contributed by atoms with E-state index in [-0.39, 0.29) is 53.4 Å². The van der Waals surface area contributed by atoms with Gasteiger partial charge < -0.3 is 38.7 Å². The van der Waals surface area contributed by atoms with Crippen molar-refractivity contribution < 1.29 is 32.2 Å². The molecule has 2 unspecified atom stereocenters. The number of piperidine rings is 1. The van der Waals surface area contributed by atoms with Gasteiger partial charge in [0.05, 0.1) is 40.8 Å². The van der Waals surface area contributed by atoms with Crippen LogP contribution in [-0.4, -0.2) is 83.9 Å². The van der Waals surface area contributed by atoms with Crippen molar-refractivity contribution in [1.29, 1.82) is 5.26 Å². The number of anilines is 2. The number of carbonyl (C=O) groups is 1. The van der Waals surface area contributed by atoms with Gasteiger partial charge in [0.1, 0.15) is 28.8 Å². The molecule has 1 saturated carbocycles. The Hall–Kier alpha value is -6.45. The van der Waals surface area contributed by atoms with E-state index in [1.165, 1.54) is 4.57 Å². The van der Waals surface area contributed by atoms with E-state index < -0.39 is 10.0 Å². The smallest absolute Gasteiger partial charge is 0.274 e. The first-order valence-electron chi connectivity index (χ1n) is 23.4. The second-order valence-corrected chi connectivity index (χ2v) is 20.1. The maximum absolute atomic E-state index is 13.1. The zero-order valence-corrected chi connectivity index (χ0v) is 40.7. The van der Waals surface area contributed by atoms with Crippen LogP contribution in [0, 0.1) is 11.3 Å². The Kier molecular flexibility index (Phi) is 15.5. The summed E-state index contributed by atoms with van der Waals surface area (Å²) in [6.45, 7) is 7.65. The van der Waals surface area contributed by atoms with E-state index in [4.69, 9.17) is 35.8 Å². The normalized spacial score (nSPS) is 17.5. The van der Waals surface area contributed by atoms with Crippen LogP contribution < -0.4 is 30.0 Å². The minimum atomic E-state index is -3.55. The fourth-order valence-electron chi connectivity index (χ4n) is 8.76. The summed E-state index contributed by atoms with van der Waals surface area (Å²) in [7, 11) is -1.88. The third-order valence-electron chi connectivity index (χ3n) is 12.7. The predicted octanol–water partition coefficient (Wildman–Crippen LogP) is 9.06. The summed E-state index contributed by atoms with van der Waals surface area (Å²) in [5, 5.41) is 21.9. The van der Waals surface area contributed by atoms with Crippen molar-refractivity contribution in [3.8, 4) is 34.4 Å². The number of nitriles is 1. The average molecular weight is 978 g/mol. The predicted molar refractivity (Wildman–Crippen MR) is 266 cm³/mol. The molecule has 0 bridgehead atoms. The molecule has 6 aromatic rings. The minimum absolute atomic E-state index is 0.00958. The quantitative estimate of drug-likeness (QED) is 0.0739. The molecule has 362 valence electrons. The maximum Gasteiger partial charge on any atom is 0.274 e. The Labute approximate surface area is 406 Å². The molecule has 1 saturated heterocycles. The molecule has 0 spiro atoms. The van der Waals surface area contributed by atoms with Crippen LogP contribution in [0.2, 0.25) is 5.02 Å². The number of aryl methyl sites for hydroxylation is 1. The Morgan fingerprint density at radius 3 is 2.46 bits per heavy atom. The minimum Gasteiger partial charge on any atom is -0.490 e. The van der Waals surface area contributed by atoms with E-state index in [1.54, 1.807) is 68.8 Å². The van der Waals surface area contributed by atoms with Crippen molar-refractivity contribution in [2.45, 2.75) is 96.2 Å². The van der Waals surface area contributed by atoms with E-state index in [2.05, 4.69) is 43.1 Å². The van der Waals surface area contributed by atoms with Crippen molar-refractivity contribution in [3.63, 3.8) is 0 Å². The lowest BCUT2D eigenvalue weighted by Crippen LogP contribution is -2.40. The number of fused-ring (bicyclic) bond motifs is 1. The second kappa shape index (κ2) is 21.9. The van der Waals surface area contributed by atoms with E-state index in [1.807, 2.05) is 43.3 Å². The fraction of sp³-hybridized carbons (Fsp3) is 0.392. The summed E-state index contributed by atoms with van der Waals surface area (Å²) in [5.74, 6) is 2.10. The number of rotatable bonds is 18. The first-order chi connectivity index (χ1) is 33.2. The van der Waals surface area contributed by atoms with Crippen LogP contribution in [0.3, 0.4) is 0 Å². The molecule has 0 radical (unpaired) electrons. The van der Waals surface area contributed by atoms with Crippen molar-refractivity contribution in [2.24, 2.45) is 7.05 Å². The molecule has 16 nitrogen and oxygen atoms in total. The molecule has 69 heavy (non-hydrogen) atoms. The van der Waals surface area contributed by atoms with Gasteiger partial charge in [0, 0.05) is 73.4 Å². The number of H-pyrrole nitrogens is 1. The third kappa shape index (κ3) is 12.2. The third-order valence-corrected chi connectivity index (χ3v) is 14.3. The Morgan fingerprint density at radius 2 is 1.74 bits per heavy atom. The molecule has 1 amide bonds. The van der Waals surface area contributed by atoms with Crippen molar-refractivity contribution in [3.05, 3.63) is 123 Å². The number of aromatic amines is 1. The van der Waals surface area contributed by atoms with Crippen molar-refractivity contribution in [2.75, 3.05) is 35.1 Å². The fourth-order valence-corrected chi connectivity index (χ4v) is 9.61. The number of nitrogens with one attached hydrogen (secondary N) is 3. The highest BCUT2D eigenvalue weighted by Crippen LogP contribution is 2.39. The molecule has 2 atom stereocenters. The van der Waals surface area contributed by atoms with Gasteiger partial charge >= 0.3 is 0 Å². The Bertz CT molecular complexity index is 2980. The van der Waals surface area contributed by atoms with Crippen LogP contribution in [0.1, 0.15) is 93.4 Å². The number of ether oxygens (including phenoxy) is 4. The number of pyridine rings is 1. The van der Waals surface area contributed by atoms with Crippen LogP contribution in [-0.2, 0) is 26.5 Å². The van der Waals surface area contributed by atoms with E-state index in [0.29, 0.717) is 68.6 Å². The van der Waals surface area contributed by atoms with E-state index in [9.17, 15) is 18.0 Å². The van der Waals surface area contributed by atoms with Gasteiger partial charge in [-0.05, 0) is 132 Å². The topological polar surface area (TPSA) is 203 Å². The van der Waals surface area contributed by atoms with Gasteiger partial charge in [-0.2, -0.15) is 5.26 Å².